The van der Waals surface area contributed by atoms with E-state index < -0.39 is 46.7 Å². The number of phenolic OH excluding ortho intramolecular Hbond substituents is 1. The number of nitrogens with one attached hydrogen (secondary N) is 2. The lowest BCUT2D eigenvalue weighted by molar-refractivity contribution is -0.149. The monoisotopic (exact) mass is 478 g/mol. The summed E-state index contributed by atoms with van der Waals surface area (Å²) in [6.45, 7) is 12.5. The van der Waals surface area contributed by atoms with Gasteiger partial charge in [-0.1, -0.05) is 32.9 Å². The lowest BCUT2D eigenvalue weighted by Crippen LogP contribution is -2.59. The average molecular weight is 479 g/mol. The molecule has 0 radical (unpaired) electrons. The van der Waals surface area contributed by atoms with Crippen molar-refractivity contribution in [2.24, 2.45) is 5.41 Å². The maximum Gasteiger partial charge on any atom is 0.328 e. The molecule has 0 bridgehead atoms. The second-order valence-electron chi connectivity index (χ2n) is 9.60. The molecule has 9 heteroatoms. The van der Waals surface area contributed by atoms with Crippen LogP contribution in [0.15, 0.2) is 24.3 Å². The number of hydrogen-bond acceptors (Lipinski definition) is 7. The molecule has 0 saturated heterocycles. The Kier molecular flexibility index (Phi) is 10.5. The van der Waals surface area contributed by atoms with E-state index in [9.17, 15) is 24.3 Å². The molecule has 0 spiro atoms. The van der Waals surface area contributed by atoms with Crippen molar-refractivity contribution in [3.63, 3.8) is 0 Å². The van der Waals surface area contributed by atoms with Crippen molar-refractivity contribution < 1.29 is 33.8 Å². The predicted molar refractivity (Wildman–Crippen MR) is 127 cm³/mol. The van der Waals surface area contributed by atoms with Crippen molar-refractivity contribution in [2.75, 3.05) is 13.2 Å². The quantitative estimate of drug-likeness (QED) is 0.417. The second kappa shape index (κ2) is 12.4. The number of hydrogen-bond donors (Lipinski definition) is 3. The van der Waals surface area contributed by atoms with Gasteiger partial charge in [0.2, 0.25) is 11.8 Å². The van der Waals surface area contributed by atoms with Gasteiger partial charge < -0.3 is 25.2 Å². The molecule has 1 rings (SSSR count). The molecule has 0 saturated carbocycles. The molecule has 2 amide bonds. The summed E-state index contributed by atoms with van der Waals surface area (Å²) in [6.07, 6.45) is -0.0642. The number of amides is 2. The lowest BCUT2D eigenvalue weighted by Gasteiger charge is -2.34. The zero-order valence-electron chi connectivity index (χ0n) is 21.2. The van der Waals surface area contributed by atoms with Gasteiger partial charge in [-0.3, -0.25) is 14.4 Å². The lowest BCUT2D eigenvalue weighted by atomic mass is 9.81. The molecular formula is C25H38N2O7. The van der Waals surface area contributed by atoms with E-state index in [4.69, 9.17) is 9.47 Å². The Balaban J connectivity index is 3.07. The van der Waals surface area contributed by atoms with Crippen LogP contribution in [0, 0.1) is 5.41 Å². The second-order valence-corrected chi connectivity index (χ2v) is 9.60. The Bertz CT molecular complexity index is 857. The molecule has 2 atom stereocenters. The van der Waals surface area contributed by atoms with Crippen LogP contribution in [-0.2, 0) is 34.1 Å². The van der Waals surface area contributed by atoms with E-state index in [-0.39, 0.29) is 31.8 Å². The van der Waals surface area contributed by atoms with Crippen LogP contribution in [0.25, 0.3) is 0 Å². The van der Waals surface area contributed by atoms with Gasteiger partial charge in [0.15, 0.2) is 0 Å². The molecule has 0 aliphatic rings. The number of ether oxygens (including phenoxy) is 2. The molecule has 190 valence electrons. The number of esters is 2. The molecule has 3 N–H and O–H groups in total. The van der Waals surface area contributed by atoms with E-state index in [0.717, 1.165) is 0 Å². The number of carbonyl (C=O) groups excluding carboxylic acids is 4. The van der Waals surface area contributed by atoms with Gasteiger partial charge in [-0.05, 0) is 57.2 Å². The fourth-order valence-corrected chi connectivity index (χ4v) is 3.24. The zero-order chi connectivity index (χ0) is 26.1. The van der Waals surface area contributed by atoms with Crippen molar-refractivity contribution in [2.45, 2.75) is 78.8 Å². The normalized spacial score (nSPS) is 13.4. The van der Waals surface area contributed by atoms with Crippen LogP contribution in [0.3, 0.4) is 0 Å². The van der Waals surface area contributed by atoms with Crippen LogP contribution in [0.2, 0.25) is 0 Å². The maximum absolute atomic E-state index is 13.2. The summed E-state index contributed by atoms with van der Waals surface area (Å²) in [6, 6.07) is 4.23. The van der Waals surface area contributed by atoms with Crippen molar-refractivity contribution in [3.05, 3.63) is 29.8 Å². The topological polar surface area (TPSA) is 131 Å². The fourth-order valence-electron chi connectivity index (χ4n) is 3.24. The fraction of sp³-hybridized carbons (Fsp3) is 0.600. The van der Waals surface area contributed by atoms with Crippen molar-refractivity contribution in [1.29, 1.82) is 0 Å². The smallest absolute Gasteiger partial charge is 0.328 e. The Labute approximate surface area is 201 Å². The van der Waals surface area contributed by atoms with E-state index in [2.05, 4.69) is 10.6 Å². The summed E-state index contributed by atoms with van der Waals surface area (Å²) in [5, 5.41) is 15.0. The Morgan fingerprint density at radius 2 is 1.47 bits per heavy atom. The van der Waals surface area contributed by atoms with Gasteiger partial charge in [0.05, 0.1) is 18.6 Å². The first-order chi connectivity index (χ1) is 15.7. The highest BCUT2D eigenvalue weighted by Crippen LogP contribution is 2.27. The molecule has 0 aromatic heterocycles. The number of rotatable bonds is 11. The Hall–Kier alpha value is -3.10. The standard InChI is InChI=1S/C25H38N2O7/c1-8-33-19(29)15-14-18(22(31)34-9-2)26-21(30)20(24(3,4)5)27-23(32)25(6,7)16-10-12-17(28)13-11-16/h10-13,18,20,28H,8-9,14-15H2,1-7H3,(H,26,30)(H,27,32)/t18-,20-/m1/s1. The molecule has 0 fully saturated rings. The van der Waals surface area contributed by atoms with E-state index >= 15 is 0 Å². The molecule has 0 unspecified atom stereocenters. The number of phenols is 1. The van der Waals surface area contributed by atoms with Crippen LogP contribution in [0.1, 0.15) is 66.9 Å². The zero-order valence-corrected chi connectivity index (χ0v) is 21.2. The summed E-state index contributed by atoms with van der Waals surface area (Å²) < 4.78 is 9.95. The maximum atomic E-state index is 13.2. The molecule has 9 nitrogen and oxygen atoms in total. The third-order valence-corrected chi connectivity index (χ3v) is 5.39. The molecule has 0 aliphatic carbocycles. The van der Waals surface area contributed by atoms with Crippen LogP contribution in [-0.4, -0.2) is 54.2 Å². The van der Waals surface area contributed by atoms with Gasteiger partial charge in [-0.2, -0.15) is 0 Å². The highest BCUT2D eigenvalue weighted by atomic mass is 16.5. The van der Waals surface area contributed by atoms with E-state index in [1.54, 1.807) is 60.6 Å². The highest BCUT2D eigenvalue weighted by Gasteiger charge is 2.39. The van der Waals surface area contributed by atoms with Gasteiger partial charge in [-0.15, -0.1) is 0 Å². The molecular weight excluding hydrogens is 440 g/mol. The average Bonchev–Trinajstić information content (AvgIpc) is 2.74. The number of carbonyl (C=O) groups is 4. The first kappa shape index (κ1) is 28.9. The van der Waals surface area contributed by atoms with Gasteiger partial charge in [0, 0.05) is 6.42 Å². The van der Waals surface area contributed by atoms with E-state index in [0.29, 0.717) is 5.56 Å². The largest absolute Gasteiger partial charge is 0.508 e. The first-order valence-electron chi connectivity index (χ1n) is 11.5. The van der Waals surface area contributed by atoms with E-state index in [1.165, 1.54) is 12.1 Å². The molecule has 0 aliphatic heterocycles. The van der Waals surface area contributed by atoms with Gasteiger partial charge in [0.25, 0.3) is 0 Å². The van der Waals surface area contributed by atoms with Crippen LogP contribution < -0.4 is 10.6 Å². The SMILES string of the molecule is CCOC(=O)CC[C@@H](NC(=O)[C@@H](NC(=O)C(C)(C)c1ccc(O)cc1)C(C)(C)C)C(=O)OCC. The molecule has 1 aromatic carbocycles. The third-order valence-electron chi connectivity index (χ3n) is 5.39. The van der Waals surface area contributed by atoms with E-state index in [1.807, 2.05) is 0 Å². The molecule has 34 heavy (non-hydrogen) atoms. The summed E-state index contributed by atoms with van der Waals surface area (Å²) >= 11 is 0. The number of aromatic hydroxyl groups is 1. The minimum Gasteiger partial charge on any atom is -0.508 e. The third kappa shape index (κ3) is 8.35. The Morgan fingerprint density at radius 3 is 1.97 bits per heavy atom. The van der Waals surface area contributed by atoms with Gasteiger partial charge in [0.1, 0.15) is 17.8 Å². The van der Waals surface area contributed by atoms with Crippen LogP contribution >= 0.6 is 0 Å². The van der Waals surface area contributed by atoms with Crippen LogP contribution in [0.4, 0.5) is 0 Å². The summed E-state index contributed by atoms with van der Waals surface area (Å²) in [7, 11) is 0. The first-order valence-corrected chi connectivity index (χ1v) is 11.5. The molecule has 0 heterocycles. The van der Waals surface area contributed by atoms with Crippen molar-refractivity contribution in [1.82, 2.24) is 10.6 Å². The minimum atomic E-state index is -1.07. The van der Waals surface area contributed by atoms with Crippen molar-refractivity contribution >= 4 is 23.8 Å². The summed E-state index contributed by atoms with van der Waals surface area (Å²) in [4.78, 5) is 50.6. The number of benzene rings is 1. The minimum absolute atomic E-state index is 0.00716. The molecule has 1 aromatic rings. The highest BCUT2D eigenvalue weighted by molar-refractivity contribution is 5.94. The van der Waals surface area contributed by atoms with Gasteiger partial charge >= 0.3 is 11.9 Å². The van der Waals surface area contributed by atoms with Crippen LogP contribution in [0.5, 0.6) is 5.75 Å². The Morgan fingerprint density at radius 1 is 0.912 bits per heavy atom. The van der Waals surface area contributed by atoms with Crippen molar-refractivity contribution in [3.8, 4) is 5.75 Å². The summed E-state index contributed by atoms with van der Waals surface area (Å²) in [5.41, 5.74) is -1.03. The van der Waals surface area contributed by atoms with Gasteiger partial charge in [-0.25, -0.2) is 4.79 Å². The predicted octanol–water partition coefficient (Wildman–Crippen LogP) is 2.59. The summed E-state index contributed by atoms with van der Waals surface area (Å²) in [5.74, 6) is -2.03.